The average molecular weight is 233 g/mol. The third-order valence-electron chi connectivity index (χ3n) is 3.43. The lowest BCUT2D eigenvalue weighted by atomic mass is 9.86. The van der Waals surface area contributed by atoms with Gasteiger partial charge in [0.2, 0.25) is 10.0 Å². The van der Waals surface area contributed by atoms with Crippen LogP contribution in [0.4, 0.5) is 0 Å². The zero-order valence-electron chi connectivity index (χ0n) is 9.83. The third-order valence-corrected chi connectivity index (χ3v) is 4.94. The van der Waals surface area contributed by atoms with Gasteiger partial charge in [-0.05, 0) is 24.7 Å². The Kier molecular flexibility index (Phi) is 5.06. The molecule has 1 aliphatic rings. The Bertz CT molecular complexity index is 266. The Hall–Kier alpha value is -0.0900. The van der Waals surface area contributed by atoms with Crippen molar-refractivity contribution in [2.75, 3.05) is 12.3 Å². The highest BCUT2D eigenvalue weighted by Crippen LogP contribution is 2.25. The molecule has 15 heavy (non-hydrogen) atoms. The van der Waals surface area contributed by atoms with E-state index < -0.39 is 10.0 Å². The summed E-state index contributed by atoms with van der Waals surface area (Å²) in [6.07, 6.45) is 5.53. The van der Waals surface area contributed by atoms with E-state index >= 15 is 0 Å². The van der Waals surface area contributed by atoms with E-state index in [1.807, 2.05) is 0 Å². The Labute approximate surface area is 93.7 Å². The molecule has 0 radical (unpaired) electrons. The van der Waals surface area contributed by atoms with Gasteiger partial charge in [0, 0.05) is 6.54 Å². The highest BCUT2D eigenvalue weighted by Gasteiger charge is 2.21. The predicted octanol–water partition coefficient (Wildman–Crippen LogP) is 2.14. The fraction of sp³-hybridized carbons (Fsp3) is 1.00. The fourth-order valence-corrected chi connectivity index (χ4v) is 3.53. The van der Waals surface area contributed by atoms with Gasteiger partial charge in [0.1, 0.15) is 0 Å². The van der Waals surface area contributed by atoms with E-state index in [4.69, 9.17) is 0 Å². The minimum Gasteiger partial charge on any atom is -0.215 e. The molecular formula is C11H23NO2S. The zero-order chi connectivity index (χ0) is 11.3. The lowest BCUT2D eigenvalue weighted by Crippen LogP contribution is -2.35. The van der Waals surface area contributed by atoms with E-state index in [1.165, 1.54) is 19.3 Å². The van der Waals surface area contributed by atoms with Crippen LogP contribution in [0.25, 0.3) is 0 Å². The van der Waals surface area contributed by atoms with E-state index in [9.17, 15) is 8.42 Å². The van der Waals surface area contributed by atoms with E-state index in [0.717, 1.165) is 12.8 Å². The summed E-state index contributed by atoms with van der Waals surface area (Å²) in [6, 6.07) is 0. The van der Waals surface area contributed by atoms with Gasteiger partial charge in [-0.1, -0.05) is 33.1 Å². The first-order valence-electron chi connectivity index (χ1n) is 6.04. The average Bonchev–Trinajstić information content (AvgIpc) is 2.11. The minimum absolute atomic E-state index is 0.298. The molecule has 1 fully saturated rings. The first kappa shape index (κ1) is 13.0. The van der Waals surface area contributed by atoms with Gasteiger partial charge in [0.05, 0.1) is 5.75 Å². The van der Waals surface area contributed by atoms with Crippen LogP contribution in [0.5, 0.6) is 0 Å². The number of sulfonamides is 1. The van der Waals surface area contributed by atoms with Crippen molar-refractivity contribution in [3.63, 3.8) is 0 Å². The van der Waals surface area contributed by atoms with Crippen molar-refractivity contribution in [3.05, 3.63) is 0 Å². The van der Waals surface area contributed by atoms with Crippen LogP contribution in [-0.2, 0) is 10.0 Å². The maximum absolute atomic E-state index is 11.7. The largest absolute Gasteiger partial charge is 0.215 e. The van der Waals surface area contributed by atoms with Gasteiger partial charge in [-0.25, -0.2) is 13.1 Å². The van der Waals surface area contributed by atoms with Crippen LogP contribution in [0.3, 0.4) is 0 Å². The number of hydrogen-bond acceptors (Lipinski definition) is 2. The lowest BCUT2D eigenvalue weighted by Gasteiger charge is -2.25. The van der Waals surface area contributed by atoms with Gasteiger partial charge in [0.25, 0.3) is 0 Å². The lowest BCUT2D eigenvalue weighted by molar-refractivity contribution is 0.316. The topological polar surface area (TPSA) is 46.2 Å². The van der Waals surface area contributed by atoms with Gasteiger partial charge < -0.3 is 0 Å². The maximum Gasteiger partial charge on any atom is 0.211 e. The molecule has 3 nitrogen and oxygen atoms in total. The molecule has 0 aliphatic heterocycles. The van der Waals surface area contributed by atoms with E-state index in [1.54, 1.807) is 0 Å². The standard InChI is InChI=1S/C11H23NO2S/c1-3-10(4-2)9-15(13,14)12-8-11-6-5-7-11/h10-12H,3-9H2,1-2H3. The highest BCUT2D eigenvalue weighted by atomic mass is 32.2. The smallest absolute Gasteiger partial charge is 0.211 e. The Morgan fingerprint density at radius 2 is 1.87 bits per heavy atom. The second-order valence-corrected chi connectivity index (χ2v) is 6.46. The predicted molar refractivity (Wildman–Crippen MR) is 63.2 cm³/mol. The normalized spacial score (nSPS) is 18.1. The summed E-state index contributed by atoms with van der Waals surface area (Å²) >= 11 is 0. The van der Waals surface area contributed by atoms with Gasteiger partial charge in [-0.2, -0.15) is 0 Å². The molecule has 1 rings (SSSR count). The quantitative estimate of drug-likeness (QED) is 0.732. The van der Waals surface area contributed by atoms with Crippen molar-refractivity contribution >= 4 is 10.0 Å². The molecule has 0 atom stereocenters. The molecule has 0 spiro atoms. The van der Waals surface area contributed by atoms with Crippen molar-refractivity contribution < 1.29 is 8.42 Å². The number of nitrogens with one attached hydrogen (secondary N) is 1. The molecule has 0 aromatic heterocycles. The van der Waals surface area contributed by atoms with Crippen LogP contribution in [0.2, 0.25) is 0 Å². The van der Waals surface area contributed by atoms with Crippen molar-refractivity contribution in [3.8, 4) is 0 Å². The monoisotopic (exact) mass is 233 g/mol. The minimum atomic E-state index is -3.03. The van der Waals surface area contributed by atoms with E-state index in [-0.39, 0.29) is 0 Å². The van der Waals surface area contributed by atoms with Crippen molar-refractivity contribution in [2.45, 2.75) is 46.0 Å². The second-order valence-electron chi connectivity index (χ2n) is 4.61. The molecule has 1 aliphatic carbocycles. The van der Waals surface area contributed by atoms with Gasteiger partial charge in [0.15, 0.2) is 0 Å². The summed E-state index contributed by atoms with van der Waals surface area (Å²) in [6.45, 7) is 4.76. The summed E-state index contributed by atoms with van der Waals surface area (Å²) in [5, 5.41) is 0. The van der Waals surface area contributed by atoms with Crippen LogP contribution in [-0.4, -0.2) is 20.7 Å². The molecule has 0 unspecified atom stereocenters. The highest BCUT2D eigenvalue weighted by molar-refractivity contribution is 7.89. The van der Waals surface area contributed by atoms with E-state index in [2.05, 4.69) is 18.6 Å². The molecule has 0 heterocycles. The molecule has 0 aromatic carbocycles. The van der Waals surface area contributed by atoms with Crippen molar-refractivity contribution in [2.24, 2.45) is 11.8 Å². The summed E-state index contributed by atoms with van der Waals surface area (Å²) in [4.78, 5) is 0. The maximum atomic E-state index is 11.7. The Balaban J connectivity index is 2.29. The summed E-state index contributed by atoms with van der Waals surface area (Å²) in [7, 11) is -3.03. The fourth-order valence-electron chi connectivity index (χ4n) is 1.84. The third kappa shape index (κ3) is 4.51. The SMILES string of the molecule is CCC(CC)CS(=O)(=O)NCC1CCC1. The summed E-state index contributed by atoms with van der Waals surface area (Å²) < 4.78 is 26.1. The second kappa shape index (κ2) is 5.85. The molecule has 0 bridgehead atoms. The van der Waals surface area contributed by atoms with Gasteiger partial charge in [-0.15, -0.1) is 0 Å². The Morgan fingerprint density at radius 3 is 2.27 bits per heavy atom. The number of hydrogen-bond donors (Lipinski definition) is 1. The molecule has 1 saturated carbocycles. The van der Waals surface area contributed by atoms with Crippen LogP contribution in [0, 0.1) is 11.8 Å². The molecule has 0 amide bonds. The molecule has 0 aromatic rings. The van der Waals surface area contributed by atoms with Crippen molar-refractivity contribution in [1.82, 2.24) is 4.72 Å². The van der Waals surface area contributed by atoms with Gasteiger partial charge >= 0.3 is 0 Å². The molecular weight excluding hydrogens is 210 g/mol. The number of rotatable bonds is 7. The van der Waals surface area contributed by atoms with Crippen molar-refractivity contribution in [1.29, 1.82) is 0 Å². The first-order chi connectivity index (χ1) is 7.07. The summed E-state index contributed by atoms with van der Waals surface area (Å²) in [5.41, 5.74) is 0. The molecule has 1 N–H and O–H groups in total. The van der Waals surface area contributed by atoms with Crippen LogP contribution < -0.4 is 4.72 Å². The molecule has 4 heteroatoms. The molecule has 90 valence electrons. The van der Waals surface area contributed by atoms with Crippen LogP contribution >= 0.6 is 0 Å². The summed E-state index contributed by atoms with van der Waals surface area (Å²) in [5.74, 6) is 1.21. The first-order valence-corrected chi connectivity index (χ1v) is 7.70. The van der Waals surface area contributed by atoms with Crippen LogP contribution in [0.1, 0.15) is 46.0 Å². The Morgan fingerprint density at radius 1 is 1.27 bits per heavy atom. The zero-order valence-corrected chi connectivity index (χ0v) is 10.6. The van der Waals surface area contributed by atoms with Crippen LogP contribution in [0.15, 0.2) is 0 Å². The molecule has 0 saturated heterocycles. The van der Waals surface area contributed by atoms with E-state index in [0.29, 0.717) is 24.1 Å². The van der Waals surface area contributed by atoms with Gasteiger partial charge in [-0.3, -0.25) is 0 Å².